The molecule has 0 radical (unpaired) electrons. The average molecular weight is 747 g/mol. The van der Waals surface area contributed by atoms with E-state index in [2.05, 4.69) is 33.2 Å². The number of likely N-dealkylation sites (tertiary alicyclic amines) is 1. The van der Waals surface area contributed by atoms with Gasteiger partial charge in [0.2, 0.25) is 17.6 Å². The van der Waals surface area contributed by atoms with Gasteiger partial charge in [0.05, 0.1) is 10.9 Å². The Labute approximate surface area is 312 Å². The van der Waals surface area contributed by atoms with E-state index in [1.54, 1.807) is 24.3 Å². The minimum Gasteiger partial charge on any atom is -0.346 e. The van der Waals surface area contributed by atoms with Crippen molar-refractivity contribution in [3.8, 4) is 0 Å². The van der Waals surface area contributed by atoms with Crippen molar-refractivity contribution in [1.82, 2.24) is 31.5 Å². The van der Waals surface area contributed by atoms with Crippen LogP contribution >= 0.6 is 0 Å². The predicted molar refractivity (Wildman–Crippen MR) is 203 cm³/mol. The van der Waals surface area contributed by atoms with Gasteiger partial charge >= 0.3 is 6.03 Å². The number of nitrogens with zero attached hydrogens (tertiary/aromatic N) is 1. The molecule has 52 heavy (non-hydrogen) atoms. The smallest absolute Gasteiger partial charge is 0.315 e. The fourth-order valence-electron chi connectivity index (χ4n) is 6.43. The summed E-state index contributed by atoms with van der Waals surface area (Å²) in [6, 6.07) is 2.95. The molecule has 5 amide bonds. The van der Waals surface area contributed by atoms with E-state index in [4.69, 9.17) is 0 Å². The van der Waals surface area contributed by atoms with Gasteiger partial charge in [-0.25, -0.2) is 9.00 Å². The van der Waals surface area contributed by atoms with E-state index in [0.717, 1.165) is 0 Å². The minimum atomic E-state index is -2.14. The normalized spacial score (nSPS) is 18.6. The van der Waals surface area contributed by atoms with Gasteiger partial charge in [-0.2, -0.15) is 0 Å². The van der Waals surface area contributed by atoms with Gasteiger partial charge in [-0.1, -0.05) is 93.0 Å². The summed E-state index contributed by atoms with van der Waals surface area (Å²) in [4.78, 5) is 69.5. The van der Waals surface area contributed by atoms with Crippen molar-refractivity contribution in [2.45, 2.75) is 124 Å². The molecule has 1 fully saturated rings. The molecule has 1 aliphatic rings. The van der Waals surface area contributed by atoms with Crippen LogP contribution in [0, 0.1) is 22.7 Å². The van der Waals surface area contributed by atoms with Crippen molar-refractivity contribution in [2.75, 3.05) is 19.6 Å². The van der Waals surface area contributed by atoms with Gasteiger partial charge in [-0.05, 0) is 53.6 Å². The lowest BCUT2D eigenvalue weighted by molar-refractivity contribution is -0.144. The SMILES string of the molecule is C=CCNC(=O)C(=O)C(CCC)NC(=O)[C@@H]1[C@@H](CC(C)C)CCN1C(=O)[C@@H](NC(=O)N[C@H](CNCc1ccccc1S(=O)O)C(C)(C)C)C(C)(C)C. The molecule has 1 heterocycles. The van der Waals surface area contributed by atoms with Crippen molar-refractivity contribution in [2.24, 2.45) is 22.7 Å². The van der Waals surface area contributed by atoms with E-state index in [9.17, 15) is 32.7 Å². The summed E-state index contributed by atoms with van der Waals surface area (Å²) in [7, 11) is 0. The van der Waals surface area contributed by atoms with Crippen LogP contribution in [0.3, 0.4) is 0 Å². The first-order chi connectivity index (χ1) is 24.2. The first kappa shape index (κ1) is 44.5. The summed E-state index contributed by atoms with van der Waals surface area (Å²) < 4.78 is 21.4. The summed E-state index contributed by atoms with van der Waals surface area (Å²) in [6.45, 7) is 22.0. The van der Waals surface area contributed by atoms with Gasteiger partial charge in [-0.15, -0.1) is 6.58 Å². The molecule has 2 rings (SSSR count). The molecule has 0 spiro atoms. The van der Waals surface area contributed by atoms with Crippen molar-refractivity contribution in [1.29, 1.82) is 0 Å². The number of benzene rings is 1. The van der Waals surface area contributed by atoms with Crippen molar-refractivity contribution in [3.05, 3.63) is 42.5 Å². The number of rotatable bonds is 18. The average Bonchev–Trinajstić information content (AvgIpc) is 3.46. The number of hydrogen-bond acceptors (Lipinski definition) is 7. The van der Waals surface area contributed by atoms with Gasteiger partial charge in [0, 0.05) is 32.2 Å². The van der Waals surface area contributed by atoms with E-state index in [0.29, 0.717) is 49.4 Å². The Hall–Kier alpha value is -3.62. The molecule has 6 N–H and O–H groups in total. The van der Waals surface area contributed by atoms with Crippen LogP contribution in [0.5, 0.6) is 0 Å². The zero-order valence-corrected chi connectivity index (χ0v) is 33.3. The molecule has 1 aromatic carbocycles. The van der Waals surface area contributed by atoms with Gasteiger partial charge < -0.3 is 36.0 Å². The number of carbonyl (C=O) groups is 5. The molecule has 0 aliphatic carbocycles. The fourth-order valence-corrected chi connectivity index (χ4v) is 6.99. The number of amides is 5. The van der Waals surface area contributed by atoms with Crippen molar-refractivity contribution in [3.63, 3.8) is 0 Å². The lowest BCUT2D eigenvalue weighted by atomic mass is 9.84. The van der Waals surface area contributed by atoms with Gasteiger partial charge in [0.15, 0.2) is 11.1 Å². The maximum absolute atomic E-state index is 14.4. The summed E-state index contributed by atoms with van der Waals surface area (Å²) >= 11 is -2.14. The van der Waals surface area contributed by atoms with Crippen molar-refractivity contribution >= 4 is 40.6 Å². The Morgan fingerprint density at radius 1 is 1.02 bits per heavy atom. The van der Waals surface area contributed by atoms with Crippen LogP contribution < -0.4 is 26.6 Å². The first-order valence-corrected chi connectivity index (χ1v) is 19.3. The van der Waals surface area contributed by atoms with Gasteiger partial charge in [0.1, 0.15) is 12.1 Å². The molecule has 14 heteroatoms. The second kappa shape index (κ2) is 20.0. The molecule has 13 nitrogen and oxygen atoms in total. The maximum atomic E-state index is 14.4. The quantitative estimate of drug-likeness (QED) is 0.0742. The number of nitrogens with one attached hydrogen (secondary N) is 5. The van der Waals surface area contributed by atoms with Crippen molar-refractivity contribution < 1.29 is 32.7 Å². The van der Waals surface area contributed by atoms with Crippen LogP contribution in [0.25, 0.3) is 0 Å². The monoisotopic (exact) mass is 746 g/mol. The molecule has 1 aliphatic heterocycles. The zero-order valence-electron chi connectivity index (χ0n) is 32.5. The third-order valence-corrected chi connectivity index (χ3v) is 10.0. The number of urea groups is 1. The zero-order chi connectivity index (χ0) is 39.4. The molecular weight excluding hydrogens is 685 g/mol. The van der Waals surface area contributed by atoms with Crippen LogP contribution in [-0.4, -0.2) is 87.0 Å². The molecule has 6 atom stereocenters. The Morgan fingerprint density at radius 3 is 2.23 bits per heavy atom. The molecule has 0 aromatic heterocycles. The number of hydrogen-bond donors (Lipinski definition) is 6. The highest BCUT2D eigenvalue weighted by Crippen LogP contribution is 2.33. The summed E-state index contributed by atoms with van der Waals surface area (Å²) in [5.41, 5.74) is -0.475. The lowest BCUT2D eigenvalue weighted by Crippen LogP contribution is -2.62. The number of carbonyl (C=O) groups excluding carboxylic acids is 5. The number of ketones is 1. The Balaban J connectivity index is 2.30. The molecule has 1 aromatic rings. The molecule has 0 bridgehead atoms. The first-order valence-electron chi connectivity index (χ1n) is 18.2. The Bertz CT molecular complexity index is 1440. The van der Waals surface area contributed by atoms with Crippen LogP contribution in [0.4, 0.5) is 4.79 Å². The van der Waals surface area contributed by atoms with E-state index >= 15 is 0 Å². The van der Waals surface area contributed by atoms with Gasteiger partial charge in [0.25, 0.3) is 5.91 Å². The number of Topliss-reactive ketones (excluding diaryl/α,β-unsaturated/α-hetero) is 1. The summed E-state index contributed by atoms with van der Waals surface area (Å²) in [5.74, 6) is -2.42. The molecule has 2 unspecified atom stereocenters. The van der Waals surface area contributed by atoms with E-state index in [1.807, 2.05) is 62.3 Å². The van der Waals surface area contributed by atoms with Gasteiger partial charge in [-0.3, -0.25) is 19.2 Å². The van der Waals surface area contributed by atoms with Crippen LogP contribution in [0.1, 0.15) is 93.6 Å². The third-order valence-electron chi connectivity index (χ3n) is 9.25. The molecule has 0 saturated carbocycles. The highest BCUT2D eigenvalue weighted by molar-refractivity contribution is 7.79. The van der Waals surface area contributed by atoms with Crippen LogP contribution in [-0.2, 0) is 36.8 Å². The van der Waals surface area contributed by atoms with E-state index < -0.39 is 75.6 Å². The van der Waals surface area contributed by atoms with E-state index in [1.165, 1.54) is 11.0 Å². The highest BCUT2D eigenvalue weighted by Gasteiger charge is 2.47. The Kier molecular flexibility index (Phi) is 17.1. The summed E-state index contributed by atoms with van der Waals surface area (Å²) in [5, 5.41) is 14.5. The fraction of sp³-hybridized carbons (Fsp3) is 0.658. The maximum Gasteiger partial charge on any atom is 0.315 e. The summed E-state index contributed by atoms with van der Waals surface area (Å²) in [6.07, 6.45) is 3.50. The lowest BCUT2D eigenvalue weighted by Gasteiger charge is -2.38. The Morgan fingerprint density at radius 2 is 1.67 bits per heavy atom. The predicted octanol–water partition coefficient (Wildman–Crippen LogP) is 3.90. The third kappa shape index (κ3) is 13.1. The standard InChI is InChI=1S/C38H62N6O7S/c1-11-15-27(31(45)34(47)40-19-12-2)41-33(46)30-25(21-24(3)4)18-20-44(30)35(48)32(38(8,9)10)43-36(49)42-29(37(5,6)7)23-39-22-26-16-13-14-17-28(26)52(50)51/h12-14,16-17,24-25,27,29-30,32,39H,2,11,15,18-23H2,1,3-10H3,(H,40,47)(H,41,46)(H,50,51)(H2,42,43,49)/t25-,27?,29-,30+,32-/m1/s1. The topological polar surface area (TPSA) is 186 Å². The molecular formula is C38H62N6O7S. The minimum absolute atomic E-state index is 0.114. The highest BCUT2D eigenvalue weighted by atomic mass is 32.2. The van der Waals surface area contributed by atoms with E-state index in [-0.39, 0.29) is 24.8 Å². The molecule has 292 valence electrons. The molecule has 1 saturated heterocycles. The van der Waals surface area contributed by atoms with Crippen LogP contribution in [0.2, 0.25) is 0 Å². The second-order valence-corrected chi connectivity index (χ2v) is 17.1. The largest absolute Gasteiger partial charge is 0.346 e. The second-order valence-electron chi connectivity index (χ2n) is 16.2. The van der Waals surface area contributed by atoms with Crippen LogP contribution in [0.15, 0.2) is 41.8 Å².